The Morgan fingerprint density at radius 1 is 1.17 bits per heavy atom. The third kappa shape index (κ3) is 3.22. The summed E-state index contributed by atoms with van der Waals surface area (Å²) in [4.78, 5) is 35.8. The molecule has 3 aromatic heterocycles. The summed E-state index contributed by atoms with van der Waals surface area (Å²) in [5, 5.41) is 3.36. The number of fused-ring (bicyclic) bond motifs is 1. The molecule has 0 unspecified atom stereocenters. The maximum Gasteiger partial charge on any atom is 0.230 e. The maximum atomic E-state index is 13.3. The van der Waals surface area contributed by atoms with Gasteiger partial charge in [-0.3, -0.25) is 9.78 Å². The Morgan fingerprint density at radius 2 is 2.00 bits per heavy atom. The first-order chi connectivity index (χ1) is 14.3. The molecule has 150 valence electrons. The molecule has 2 fully saturated rings. The molecule has 29 heavy (non-hydrogen) atoms. The standard InChI is InChI=1S/C21H25N7O/c29-20(21(7-1-2-8-21)15-4-3-9-22-12-15)27-16-5-10-28(11-6-16)19-17-18(24-13-23-17)25-14-26-19/h3-4,9,12-14,16H,1-2,5-8,10-11H2,(H,27,29)(H,23,24,25,26). The molecule has 4 heterocycles. The number of anilines is 1. The molecule has 8 nitrogen and oxygen atoms in total. The van der Waals surface area contributed by atoms with Gasteiger partial charge >= 0.3 is 0 Å². The van der Waals surface area contributed by atoms with Crippen LogP contribution in [-0.4, -0.2) is 50.0 Å². The van der Waals surface area contributed by atoms with Gasteiger partial charge < -0.3 is 15.2 Å². The van der Waals surface area contributed by atoms with E-state index in [4.69, 9.17) is 0 Å². The number of nitrogens with one attached hydrogen (secondary N) is 2. The van der Waals surface area contributed by atoms with Gasteiger partial charge in [0.15, 0.2) is 11.5 Å². The molecule has 2 aliphatic rings. The predicted molar refractivity (Wildman–Crippen MR) is 109 cm³/mol. The summed E-state index contributed by atoms with van der Waals surface area (Å²) in [6.45, 7) is 1.69. The minimum Gasteiger partial charge on any atom is -0.355 e. The van der Waals surface area contributed by atoms with Gasteiger partial charge in [0.1, 0.15) is 11.8 Å². The van der Waals surface area contributed by atoms with Crippen LogP contribution in [0.25, 0.3) is 11.2 Å². The van der Waals surface area contributed by atoms with Gasteiger partial charge in [0.05, 0.1) is 11.7 Å². The van der Waals surface area contributed by atoms with E-state index in [1.807, 2.05) is 18.3 Å². The van der Waals surface area contributed by atoms with Crippen LogP contribution in [0.1, 0.15) is 44.1 Å². The number of carbonyl (C=O) groups is 1. The number of nitrogens with zero attached hydrogens (tertiary/aromatic N) is 5. The summed E-state index contributed by atoms with van der Waals surface area (Å²) in [7, 11) is 0. The van der Waals surface area contributed by atoms with Gasteiger partial charge in [0.2, 0.25) is 5.91 Å². The number of carbonyl (C=O) groups excluding carboxylic acids is 1. The number of rotatable bonds is 4. The molecule has 1 aliphatic carbocycles. The Hall–Kier alpha value is -3.03. The van der Waals surface area contributed by atoms with Crippen LogP contribution in [0, 0.1) is 0 Å². The zero-order valence-corrected chi connectivity index (χ0v) is 16.3. The topological polar surface area (TPSA) is 99.7 Å². The predicted octanol–water partition coefficient (Wildman–Crippen LogP) is 2.34. The van der Waals surface area contributed by atoms with Crippen molar-refractivity contribution in [2.45, 2.75) is 50.0 Å². The lowest BCUT2D eigenvalue weighted by molar-refractivity contribution is -0.127. The summed E-state index contributed by atoms with van der Waals surface area (Å²) in [6, 6.07) is 4.16. The first-order valence-corrected chi connectivity index (χ1v) is 10.4. The molecule has 0 spiro atoms. The SMILES string of the molecule is O=C(NC1CCN(c2ncnc3nc[nH]c23)CC1)C1(c2cccnc2)CCCC1. The van der Waals surface area contributed by atoms with Gasteiger partial charge in [0.25, 0.3) is 0 Å². The molecular weight excluding hydrogens is 366 g/mol. The molecule has 1 saturated heterocycles. The zero-order chi connectivity index (χ0) is 19.7. The molecule has 2 N–H and O–H groups in total. The molecular formula is C21H25N7O. The van der Waals surface area contributed by atoms with Crippen LogP contribution in [0.2, 0.25) is 0 Å². The van der Waals surface area contributed by atoms with Crippen molar-refractivity contribution in [3.8, 4) is 0 Å². The molecule has 0 bridgehead atoms. The van der Waals surface area contributed by atoms with E-state index in [1.165, 1.54) is 0 Å². The Morgan fingerprint density at radius 3 is 2.76 bits per heavy atom. The van der Waals surface area contributed by atoms with Crippen molar-refractivity contribution in [3.05, 3.63) is 42.7 Å². The molecule has 1 saturated carbocycles. The fourth-order valence-electron chi connectivity index (χ4n) is 4.82. The van der Waals surface area contributed by atoms with E-state index >= 15 is 0 Å². The van der Waals surface area contributed by atoms with Crippen molar-refractivity contribution in [1.82, 2.24) is 30.2 Å². The van der Waals surface area contributed by atoms with E-state index in [1.54, 1.807) is 18.9 Å². The van der Waals surface area contributed by atoms with E-state index < -0.39 is 5.41 Å². The largest absolute Gasteiger partial charge is 0.355 e. The quantitative estimate of drug-likeness (QED) is 0.708. The van der Waals surface area contributed by atoms with Crippen molar-refractivity contribution in [1.29, 1.82) is 0 Å². The molecule has 3 aromatic rings. The molecule has 0 atom stereocenters. The summed E-state index contributed by atoms with van der Waals surface area (Å²) in [5.74, 6) is 1.05. The number of imidazole rings is 1. The molecule has 0 radical (unpaired) electrons. The highest BCUT2D eigenvalue weighted by atomic mass is 16.2. The second-order valence-electron chi connectivity index (χ2n) is 8.06. The Balaban J connectivity index is 1.27. The second kappa shape index (κ2) is 7.42. The van der Waals surface area contributed by atoms with Gasteiger partial charge in [-0.05, 0) is 37.3 Å². The minimum atomic E-state index is -0.417. The number of aromatic amines is 1. The normalized spacial score (nSPS) is 19.5. The van der Waals surface area contributed by atoms with Crippen LogP contribution in [-0.2, 0) is 10.2 Å². The van der Waals surface area contributed by atoms with Crippen LogP contribution in [0.5, 0.6) is 0 Å². The number of pyridine rings is 1. The number of hydrogen-bond donors (Lipinski definition) is 2. The number of H-pyrrole nitrogens is 1. The summed E-state index contributed by atoms with van der Waals surface area (Å²) < 4.78 is 0. The first-order valence-electron chi connectivity index (χ1n) is 10.4. The molecule has 1 amide bonds. The summed E-state index contributed by atoms with van der Waals surface area (Å²) in [6.07, 6.45) is 12.6. The van der Waals surface area contributed by atoms with Crippen molar-refractivity contribution in [2.75, 3.05) is 18.0 Å². The zero-order valence-electron chi connectivity index (χ0n) is 16.3. The smallest absolute Gasteiger partial charge is 0.230 e. The van der Waals surface area contributed by atoms with E-state index in [2.05, 4.69) is 35.1 Å². The number of piperidine rings is 1. The van der Waals surface area contributed by atoms with Crippen LogP contribution >= 0.6 is 0 Å². The Labute approximate surface area is 169 Å². The Kier molecular flexibility index (Phi) is 4.61. The van der Waals surface area contributed by atoms with E-state index in [0.29, 0.717) is 5.65 Å². The number of hydrogen-bond acceptors (Lipinski definition) is 6. The third-order valence-electron chi connectivity index (χ3n) is 6.44. The highest BCUT2D eigenvalue weighted by molar-refractivity contribution is 5.89. The van der Waals surface area contributed by atoms with Gasteiger partial charge in [-0.15, -0.1) is 0 Å². The van der Waals surface area contributed by atoms with Gasteiger partial charge in [0, 0.05) is 31.5 Å². The van der Waals surface area contributed by atoms with Gasteiger partial charge in [-0.25, -0.2) is 15.0 Å². The summed E-state index contributed by atoms with van der Waals surface area (Å²) >= 11 is 0. The van der Waals surface area contributed by atoms with Crippen LogP contribution in [0.4, 0.5) is 5.82 Å². The average molecular weight is 391 g/mol. The van der Waals surface area contributed by atoms with E-state index in [9.17, 15) is 4.79 Å². The van der Waals surface area contributed by atoms with Crippen LogP contribution in [0.3, 0.4) is 0 Å². The summed E-state index contributed by atoms with van der Waals surface area (Å²) in [5.41, 5.74) is 2.19. The fourth-order valence-corrected chi connectivity index (χ4v) is 4.82. The maximum absolute atomic E-state index is 13.3. The molecule has 0 aromatic carbocycles. The highest BCUT2D eigenvalue weighted by Gasteiger charge is 2.43. The molecule has 1 aliphatic heterocycles. The van der Waals surface area contributed by atoms with Crippen molar-refractivity contribution in [2.24, 2.45) is 0 Å². The van der Waals surface area contributed by atoms with Gasteiger partial charge in [-0.2, -0.15) is 0 Å². The number of amides is 1. The van der Waals surface area contributed by atoms with E-state index in [0.717, 1.165) is 68.5 Å². The van der Waals surface area contributed by atoms with Crippen molar-refractivity contribution < 1.29 is 4.79 Å². The first kappa shape index (κ1) is 18.0. The lowest BCUT2D eigenvalue weighted by Gasteiger charge is -2.36. The molecule has 5 rings (SSSR count). The second-order valence-corrected chi connectivity index (χ2v) is 8.06. The fraction of sp³-hybridized carbons (Fsp3) is 0.476. The average Bonchev–Trinajstić information content (AvgIpc) is 3.45. The van der Waals surface area contributed by atoms with Crippen molar-refractivity contribution >= 4 is 22.9 Å². The highest BCUT2D eigenvalue weighted by Crippen LogP contribution is 2.41. The molecule has 8 heteroatoms. The van der Waals surface area contributed by atoms with E-state index in [-0.39, 0.29) is 11.9 Å². The third-order valence-corrected chi connectivity index (χ3v) is 6.44. The minimum absolute atomic E-state index is 0.166. The van der Waals surface area contributed by atoms with Crippen molar-refractivity contribution in [3.63, 3.8) is 0 Å². The lowest BCUT2D eigenvalue weighted by Crippen LogP contribution is -2.50. The number of aromatic nitrogens is 5. The van der Waals surface area contributed by atoms with Crippen LogP contribution in [0.15, 0.2) is 37.2 Å². The van der Waals surface area contributed by atoms with Crippen LogP contribution < -0.4 is 10.2 Å². The monoisotopic (exact) mass is 391 g/mol. The lowest BCUT2D eigenvalue weighted by atomic mass is 9.78. The van der Waals surface area contributed by atoms with Gasteiger partial charge in [-0.1, -0.05) is 18.9 Å². The Bertz CT molecular complexity index is 988.